The minimum atomic E-state index is -0.353. The summed E-state index contributed by atoms with van der Waals surface area (Å²) >= 11 is 0. The lowest BCUT2D eigenvalue weighted by Crippen LogP contribution is -2.41. The molecule has 3 N–H and O–H groups in total. The Morgan fingerprint density at radius 2 is 1.74 bits per heavy atom. The second kappa shape index (κ2) is 9.68. The number of nitrogens with zero attached hydrogens (tertiary/aromatic N) is 1. The van der Waals surface area contributed by atoms with Crippen LogP contribution in [0.15, 0.2) is 48.5 Å². The van der Waals surface area contributed by atoms with Crippen molar-refractivity contribution in [1.29, 1.82) is 0 Å². The van der Waals surface area contributed by atoms with Crippen molar-refractivity contribution in [2.45, 2.75) is 38.4 Å². The first-order valence-corrected chi connectivity index (χ1v) is 11.1. The van der Waals surface area contributed by atoms with Gasteiger partial charge in [0.2, 0.25) is 5.91 Å². The number of fused-ring (bicyclic) bond motifs is 1. The third-order valence-electron chi connectivity index (χ3n) is 6.11. The summed E-state index contributed by atoms with van der Waals surface area (Å²) in [5.74, 6) is 1.06. The third-order valence-corrected chi connectivity index (χ3v) is 6.11. The maximum absolute atomic E-state index is 13.4. The molecule has 4 unspecified atom stereocenters. The number of nitrogens with one attached hydrogen (secondary N) is 2. The van der Waals surface area contributed by atoms with Crippen molar-refractivity contribution in [3.63, 3.8) is 0 Å². The zero-order chi connectivity index (χ0) is 21.8. The lowest BCUT2D eigenvalue weighted by Gasteiger charge is -2.31. The summed E-state index contributed by atoms with van der Waals surface area (Å²) in [6.07, 6.45) is 0.779. The Kier molecular flexibility index (Phi) is 6.75. The number of aromatic hydroxyl groups is 1. The number of benzene rings is 2. The maximum atomic E-state index is 13.4. The third kappa shape index (κ3) is 4.26. The molecule has 2 aliphatic heterocycles. The van der Waals surface area contributed by atoms with Crippen molar-refractivity contribution in [2.75, 3.05) is 26.4 Å². The molecule has 1 amide bonds. The summed E-state index contributed by atoms with van der Waals surface area (Å²) < 4.78 is 11.1. The fourth-order valence-corrected chi connectivity index (χ4v) is 4.78. The van der Waals surface area contributed by atoms with Crippen molar-refractivity contribution >= 4 is 5.91 Å². The van der Waals surface area contributed by atoms with E-state index in [4.69, 9.17) is 9.47 Å². The molecule has 4 atom stereocenters. The minimum Gasteiger partial charge on any atom is -0.508 e. The van der Waals surface area contributed by atoms with Crippen LogP contribution in [0.25, 0.3) is 0 Å². The monoisotopic (exact) mass is 425 g/mol. The van der Waals surface area contributed by atoms with Crippen LogP contribution in [0.2, 0.25) is 0 Å². The Bertz CT molecular complexity index is 889. The molecule has 0 saturated carbocycles. The van der Waals surface area contributed by atoms with Gasteiger partial charge in [-0.05, 0) is 44.0 Å². The van der Waals surface area contributed by atoms with Crippen LogP contribution in [0, 0.1) is 5.92 Å². The lowest BCUT2D eigenvalue weighted by atomic mass is 9.83. The Balaban J connectivity index is 1.67. The normalized spacial score (nSPS) is 25.1. The van der Waals surface area contributed by atoms with Gasteiger partial charge in [0.05, 0.1) is 18.7 Å². The van der Waals surface area contributed by atoms with Crippen molar-refractivity contribution in [3.8, 4) is 11.5 Å². The van der Waals surface area contributed by atoms with E-state index in [1.807, 2.05) is 61.2 Å². The average Bonchev–Trinajstić information content (AvgIpc) is 3.32. The number of likely N-dealkylation sites (tertiary alicyclic amines) is 1. The number of carbonyl (C=O) groups excluding carboxylic acids is 1. The molecular weight excluding hydrogens is 394 g/mol. The average molecular weight is 426 g/mol. The molecule has 2 fully saturated rings. The van der Waals surface area contributed by atoms with Gasteiger partial charge in [0.25, 0.3) is 0 Å². The number of phenols is 1. The predicted octanol–water partition coefficient (Wildman–Crippen LogP) is 2.93. The molecule has 0 bridgehead atoms. The van der Waals surface area contributed by atoms with Crippen LogP contribution in [0.3, 0.4) is 0 Å². The highest BCUT2D eigenvalue weighted by Crippen LogP contribution is 2.48. The summed E-state index contributed by atoms with van der Waals surface area (Å²) in [6.45, 7) is 6.46. The van der Waals surface area contributed by atoms with E-state index in [2.05, 4.69) is 10.9 Å². The van der Waals surface area contributed by atoms with Crippen LogP contribution in [-0.4, -0.2) is 48.3 Å². The van der Waals surface area contributed by atoms with Gasteiger partial charge in [-0.25, -0.2) is 10.9 Å². The van der Waals surface area contributed by atoms with E-state index in [9.17, 15) is 9.90 Å². The van der Waals surface area contributed by atoms with Gasteiger partial charge in [0.15, 0.2) is 0 Å². The first-order valence-electron chi connectivity index (χ1n) is 11.1. The number of hydrogen-bond donors (Lipinski definition) is 3. The number of hydrogen-bond acceptors (Lipinski definition) is 6. The van der Waals surface area contributed by atoms with Crippen molar-refractivity contribution < 1.29 is 19.4 Å². The fourth-order valence-electron chi connectivity index (χ4n) is 4.78. The molecule has 2 saturated heterocycles. The highest BCUT2D eigenvalue weighted by atomic mass is 16.5. The van der Waals surface area contributed by atoms with Gasteiger partial charge in [0, 0.05) is 31.2 Å². The highest BCUT2D eigenvalue weighted by Gasteiger charge is 2.55. The summed E-state index contributed by atoms with van der Waals surface area (Å²) in [5, 5.41) is 10.5. The number of amides is 1. The Labute approximate surface area is 183 Å². The predicted molar refractivity (Wildman–Crippen MR) is 118 cm³/mol. The zero-order valence-electron chi connectivity index (χ0n) is 18.1. The molecule has 2 aromatic rings. The quantitative estimate of drug-likeness (QED) is 0.536. The molecule has 0 aromatic heterocycles. The number of hydrazine groups is 1. The number of ether oxygens (including phenoxy) is 2. The molecule has 4 rings (SSSR count). The molecule has 2 aliphatic rings. The van der Waals surface area contributed by atoms with Gasteiger partial charge in [-0.2, -0.15) is 0 Å². The van der Waals surface area contributed by atoms with E-state index in [0.29, 0.717) is 26.4 Å². The Morgan fingerprint density at radius 3 is 2.45 bits per heavy atom. The number of carbonyl (C=O) groups is 1. The van der Waals surface area contributed by atoms with Gasteiger partial charge >= 0.3 is 0 Å². The maximum Gasteiger partial charge on any atom is 0.242 e. The van der Waals surface area contributed by atoms with Gasteiger partial charge in [0.1, 0.15) is 17.5 Å². The molecule has 2 heterocycles. The van der Waals surface area contributed by atoms with Gasteiger partial charge < -0.3 is 19.5 Å². The van der Waals surface area contributed by atoms with Crippen LogP contribution in [-0.2, 0) is 9.53 Å². The number of para-hydroxylation sites is 1. The number of rotatable bonds is 9. The Hall–Kier alpha value is -2.61. The van der Waals surface area contributed by atoms with Crippen LogP contribution in [0.1, 0.15) is 43.5 Å². The molecule has 7 heteroatoms. The topological polar surface area (TPSA) is 83.1 Å². The number of phenolic OH excluding ortho intramolecular Hbond substituents is 1. The Morgan fingerprint density at radius 1 is 1.00 bits per heavy atom. The minimum absolute atomic E-state index is 0.0640. The summed E-state index contributed by atoms with van der Waals surface area (Å²) in [7, 11) is 0. The van der Waals surface area contributed by atoms with Crippen LogP contribution >= 0.6 is 0 Å². The SMILES string of the molecule is CCOCCCN1C(=O)C2NNC(c3ccccc3O)C2C1c1ccc(OCC)cc1. The second-order valence-corrected chi connectivity index (χ2v) is 7.91. The summed E-state index contributed by atoms with van der Waals surface area (Å²) in [5.41, 5.74) is 8.32. The van der Waals surface area contributed by atoms with Crippen LogP contribution < -0.4 is 15.6 Å². The molecule has 166 valence electrons. The molecule has 7 nitrogen and oxygen atoms in total. The van der Waals surface area contributed by atoms with E-state index in [1.165, 1.54) is 0 Å². The van der Waals surface area contributed by atoms with E-state index in [1.54, 1.807) is 6.07 Å². The molecule has 0 radical (unpaired) electrons. The van der Waals surface area contributed by atoms with Crippen LogP contribution in [0.5, 0.6) is 11.5 Å². The standard InChI is InChI=1S/C24H31N3O4/c1-3-30-15-7-14-27-23(16-10-12-17(13-11-16)31-4-2)20-21(25-26-22(20)24(27)29)18-8-5-6-9-19(18)28/h5-6,8-13,20-23,25-26,28H,3-4,7,14-15H2,1-2H3. The molecule has 0 aliphatic carbocycles. The van der Waals surface area contributed by atoms with Gasteiger partial charge in [-0.1, -0.05) is 30.3 Å². The highest BCUT2D eigenvalue weighted by molar-refractivity contribution is 5.86. The first kappa shape index (κ1) is 21.6. The van der Waals surface area contributed by atoms with Crippen molar-refractivity contribution in [2.24, 2.45) is 5.92 Å². The van der Waals surface area contributed by atoms with E-state index < -0.39 is 0 Å². The molecule has 31 heavy (non-hydrogen) atoms. The van der Waals surface area contributed by atoms with Gasteiger partial charge in [-0.3, -0.25) is 4.79 Å². The van der Waals surface area contributed by atoms with Crippen molar-refractivity contribution in [1.82, 2.24) is 15.8 Å². The van der Waals surface area contributed by atoms with Gasteiger partial charge in [-0.15, -0.1) is 0 Å². The largest absolute Gasteiger partial charge is 0.508 e. The molecular formula is C24H31N3O4. The van der Waals surface area contributed by atoms with E-state index >= 15 is 0 Å². The molecule has 0 spiro atoms. The van der Waals surface area contributed by atoms with E-state index in [0.717, 1.165) is 23.3 Å². The fraction of sp³-hybridized carbons (Fsp3) is 0.458. The lowest BCUT2D eigenvalue weighted by molar-refractivity contribution is -0.131. The second-order valence-electron chi connectivity index (χ2n) is 7.91. The molecule has 2 aromatic carbocycles. The first-order chi connectivity index (χ1) is 15.2. The summed E-state index contributed by atoms with van der Waals surface area (Å²) in [6, 6.07) is 14.6. The summed E-state index contributed by atoms with van der Waals surface area (Å²) in [4.78, 5) is 15.3. The van der Waals surface area contributed by atoms with Crippen LogP contribution in [0.4, 0.5) is 0 Å². The van der Waals surface area contributed by atoms with E-state index in [-0.39, 0.29) is 35.7 Å². The van der Waals surface area contributed by atoms with Crippen molar-refractivity contribution in [3.05, 3.63) is 59.7 Å². The smallest absolute Gasteiger partial charge is 0.242 e. The zero-order valence-corrected chi connectivity index (χ0v) is 18.1.